The Kier molecular flexibility index (Phi) is 13.9. The number of halogens is 4. The van der Waals surface area contributed by atoms with E-state index in [1.807, 2.05) is 37.8 Å². The fraction of sp³-hybridized carbons (Fsp3) is 0.455. The van der Waals surface area contributed by atoms with E-state index in [2.05, 4.69) is 32.0 Å². The lowest BCUT2D eigenvalue weighted by atomic mass is 10.0. The number of nitrogens with zero attached hydrogens (tertiary/aromatic N) is 6. The number of amides is 4. The Labute approximate surface area is 368 Å². The van der Waals surface area contributed by atoms with E-state index in [-0.39, 0.29) is 51.2 Å². The molecule has 2 fully saturated rings. The molecule has 4 aromatic rings. The van der Waals surface area contributed by atoms with Crippen LogP contribution in [0.2, 0.25) is 5.02 Å². The van der Waals surface area contributed by atoms with Crippen molar-refractivity contribution in [1.29, 1.82) is 0 Å². The normalized spacial score (nSPS) is 18.6. The molecule has 0 saturated carbocycles. The number of pyridine rings is 1. The van der Waals surface area contributed by atoms with Crippen LogP contribution in [0.1, 0.15) is 77.1 Å². The molecule has 0 bridgehead atoms. The fourth-order valence-electron chi connectivity index (χ4n) is 7.67. The number of rotatable bonds is 10. The summed E-state index contributed by atoms with van der Waals surface area (Å²) in [6.07, 6.45) is -2.82. The van der Waals surface area contributed by atoms with Gasteiger partial charge in [0, 0.05) is 38.4 Å². The topological polar surface area (TPSA) is 163 Å². The molecule has 338 valence electrons. The second-order valence-corrected chi connectivity index (χ2v) is 17.5. The number of nitrogens with one attached hydrogen (secondary N) is 2. The third-order valence-corrected chi connectivity index (χ3v) is 11.0. The number of methoxy groups -OCH3 is 1. The molecule has 0 aliphatic carbocycles. The van der Waals surface area contributed by atoms with Gasteiger partial charge in [-0.3, -0.25) is 9.59 Å². The summed E-state index contributed by atoms with van der Waals surface area (Å²) >= 11 is 6.58. The van der Waals surface area contributed by atoms with E-state index in [4.69, 9.17) is 21.1 Å². The van der Waals surface area contributed by atoms with E-state index in [0.717, 1.165) is 5.56 Å². The van der Waals surface area contributed by atoms with Gasteiger partial charge >= 0.3 is 18.5 Å². The standard InChI is InChI=1S/C44H52ClF3N8O7/c1-25(2)37(52-41(59)61-8)40(58)55-23-26(3)19-35(55)38-50-22-33(51-38)29-11-9-28(10-12-29)30-13-15-34(32(45)20-30)56(63-44(46,47)48)39(57)31-14-16-36(49-21-31)54-18-17-53(24-27(54)4)42(60)62-43(5,6)7/h9-16,20-22,25-27,35,37H,17-19,23-24H2,1-8H3,(H,50,51)(H,52,59)/t26-,27?,35-,37?/m0/s1. The number of benzene rings is 2. The van der Waals surface area contributed by atoms with Crippen molar-refractivity contribution >= 4 is 47.1 Å². The molecule has 0 radical (unpaired) electrons. The van der Waals surface area contributed by atoms with Crippen molar-refractivity contribution in [3.05, 3.63) is 83.4 Å². The van der Waals surface area contributed by atoms with Gasteiger partial charge in [-0.05, 0) is 86.9 Å². The average molecular weight is 897 g/mol. The number of carbonyl (C=O) groups excluding carboxylic acids is 4. The second-order valence-electron chi connectivity index (χ2n) is 17.1. The first-order chi connectivity index (χ1) is 29.6. The zero-order valence-electron chi connectivity index (χ0n) is 36.3. The Morgan fingerprint density at radius 1 is 0.921 bits per heavy atom. The molecule has 2 saturated heterocycles. The van der Waals surface area contributed by atoms with Crippen molar-refractivity contribution in [2.24, 2.45) is 11.8 Å². The number of piperazine rings is 1. The molecular weight excluding hydrogens is 845 g/mol. The van der Waals surface area contributed by atoms with E-state index in [1.165, 1.54) is 43.6 Å². The van der Waals surface area contributed by atoms with Crippen molar-refractivity contribution in [3.63, 3.8) is 0 Å². The summed E-state index contributed by atoms with van der Waals surface area (Å²) in [6, 6.07) is 13.1. The van der Waals surface area contributed by atoms with Gasteiger partial charge in [0.1, 0.15) is 23.3 Å². The number of aromatic nitrogens is 3. The van der Waals surface area contributed by atoms with Crippen LogP contribution in [0.3, 0.4) is 0 Å². The predicted octanol–water partition coefficient (Wildman–Crippen LogP) is 8.63. The minimum atomic E-state index is -5.24. The van der Waals surface area contributed by atoms with Crippen LogP contribution in [0.4, 0.5) is 34.3 Å². The molecule has 2 unspecified atom stereocenters. The molecule has 6 rings (SSSR count). The maximum atomic E-state index is 13.8. The number of alkyl halides is 3. The number of carbonyl (C=O) groups is 4. The summed E-state index contributed by atoms with van der Waals surface area (Å²) in [5.41, 5.74) is 1.55. The summed E-state index contributed by atoms with van der Waals surface area (Å²) in [6.45, 7) is 14.7. The molecule has 4 heterocycles. The highest BCUT2D eigenvalue weighted by Gasteiger charge is 2.41. The molecule has 19 heteroatoms. The Morgan fingerprint density at radius 3 is 2.19 bits per heavy atom. The van der Waals surface area contributed by atoms with E-state index >= 15 is 0 Å². The van der Waals surface area contributed by atoms with Gasteiger partial charge in [0.05, 0.1) is 41.3 Å². The molecule has 2 aliphatic heterocycles. The highest BCUT2D eigenvalue weighted by atomic mass is 35.5. The minimum absolute atomic E-state index is 0.0996. The van der Waals surface area contributed by atoms with E-state index < -0.39 is 36.1 Å². The van der Waals surface area contributed by atoms with Gasteiger partial charge in [-0.1, -0.05) is 62.7 Å². The predicted molar refractivity (Wildman–Crippen MR) is 230 cm³/mol. The third kappa shape index (κ3) is 11.2. The summed E-state index contributed by atoms with van der Waals surface area (Å²) in [7, 11) is 1.25. The van der Waals surface area contributed by atoms with Crippen LogP contribution in [0, 0.1) is 11.8 Å². The van der Waals surface area contributed by atoms with Gasteiger partial charge in [0.25, 0.3) is 5.91 Å². The van der Waals surface area contributed by atoms with E-state index in [1.54, 1.807) is 48.9 Å². The van der Waals surface area contributed by atoms with Crippen LogP contribution in [0.15, 0.2) is 67.0 Å². The Balaban J connectivity index is 1.15. The quantitative estimate of drug-likeness (QED) is 0.147. The Morgan fingerprint density at radius 2 is 1.60 bits per heavy atom. The van der Waals surface area contributed by atoms with Crippen LogP contribution in [-0.2, 0) is 19.1 Å². The van der Waals surface area contributed by atoms with Crippen molar-refractivity contribution in [2.45, 2.75) is 85.0 Å². The lowest BCUT2D eigenvalue weighted by Gasteiger charge is -2.40. The van der Waals surface area contributed by atoms with Gasteiger partial charge < -0.3 is 34.5 Å². The smallest absolute Gasteiger partial charge is 0.453 e. The highest BCUT2D eigenvalue weighted by molar-refractivity contribution is 6.34. The summed E-state index contributed by atoms with van der Waals surface area (Å²) in [5, 5.41) is 2.58. The summed E-state index contributed by atoms with van der Waals surface area (Å²) in [4.78, 5) is 73.8. The van der Waals surface area contributed by atoms with E-state index in [9.17, 15) is 32.3 Å². The number of aromatic amines is 1. The van der Waals surface area contributed by atoms with E-state index in [0.29, 0.717) is 61.1 Å². The molecule has 15 nitrogen and oxygen atoms in total. The SMILES string of the molecule is COC(=O)NC(C(=O)N1C[C@@H](C)C[C@H]1c1ncc(-c2ccc(-c3ccc(N(OC(F)(F)F)C(=O)c4ccc(N5CCN(C(=O)OC(C)(C)C)CC5C)nc4)c(Cl)c3)cc2)[nH]1)C(C)C. The first-order valence-corrected chi connectivity index (χ1v) is 20.9. The van der Waals surface area contributed by atoms with Crippen LogP contribution < -0.4 is 15.3 Å². The lowest BCUT2D eigenvalue weighted by Crippen LogP contribution is -2.54. The maximum Gasteiger partial charge on any atom is 0.544 e. The number of imidazole rings is 1. The number of hydroxylamine groups is 1. The minimum Gasteiger partial charge on any atom is -0.453 e. The van der Waals surface area contributed by atoms with Crippen LogP contribution in [0.25, 0.3) is 22.4 Å². The molecule has 2 aliphatic rings. The van der Waals surface area contributed by atoms with Gasteiger partial charge in [-0.2, -0.15) is 9.90 Å². The maximum absolute atomic E-state index is 13.8. The average Bonchev–Trinajstić information content (AvgIpc) is 3.87. The van der Waals surface area contributed by atoms with Crippen molar-refractivity contribution in [1.82, 2.24) is 30.1 Å². The van der Waals surface area contributed by atoms with Gasteiger partial charge in [0.2, 0.25) is 5.91 Å². The zero-order valence-corrected chi connectivity index (χ0v) is 37.1. The van der Waals surface area contributed by atoms with Gasteiger partial charge in [0.15, 0.2) is 0 Å². The molecule has 0 spiro atoms. The third-order valence-electron chi connectivity index (χ3n) is 10.7. The van der Waals surface area contributed by atoms with Crippen molar-refractivity contribution in [2.75, 3.05) is 43.3 Å². The fourth-order valence-corrected chi connectivity index (χ4v) is 7.92. The van der Waals surface area contributed by atoms with Crippen molar-refractivity contribution in [3.8, 4) is 22.4 Å². The molecule has 2 aromatic heterocycles. The summed E-state index contributed by atoms with van der Waals surface area (Å²) < 4.78 is 51.5. The van der Waals surface area contributed by atoms with Gasteiger partial charge in [-0.25, -0.2) is 19.6 Å². The Bertz CT molecular complexity index is 2280. The Hall–Kier alpha value is -5.88. The molecule has 4 atom stereocenters. The number of alkyl carbamates (subject to hydrolysis) is 1. The lowest BCUT2D eigenvalue weighted by molar-refractivity contribution is -0.325. The highest BCUT2D eigenvalue weighted by Crippen LogP contribution is 2.38. The van der Waals surface area contributed by atoms with Crippen molar-refractivity contribution < 1.29 is 46.7 Å². The summed E-state index contributed by atoms with van der Waals surface area (Å²) in [5.74, 6) is -0.281. The molecular formula is C44H52ClF3N8O7. The molecule has 63 heavy (non-hydrogen) atoms. The van der Waals surface area contributed by atoms with Gasteiger partial charge in [-0.15, -0.1) is 13.2 Å². The second kappa shape index (κ2) is 18.8. The zero-order chi connectivity index (χ0) is 46.0. The molecule has 4 amide bonds. The number of hydrogen-bond donors (Lipinski definition) is 2. The van der Waals surface area contributed by atoms with Crippen LogP contribution in [0.5, 0.6) is 0 Å². The number of hydrogen-bond acceptors (Lipinski definition) is 10. The monoisotopic (exact) mass is 896 g/mol. The van der Waals surface area contributed by atoms with Crippen LogP contribution in [-0.4, -0.2) is 106 Å². The number of ether oxygens (including phenoxy) is 2. The van der Waals surface area contributed by atoms with Crippen LogP contribution >= 0.6 is 11.6 Å². The first-order valence-electron chi connectivity index (χ1n) is 20.5. The molecule has 2 aromatic carbocycles. The number of likely N-dealkylation sites (tertiary alicyclic amines) is 1. The number of H-pyrrole nitrogens is 1. The molecule has 2 N–H and O–H groups in total. The largest absolute Gasteiger partial charge is 0.544 e. The number of anilines is 2. The first kappa shape index (κ1) is 46.6.